The van der Waals surface area contributed by atoms with Crippen LogP contribution in [-0.4, -0.2) is 28.0 Å². The van der Waals surface area contributed by atoms with Gasteiger partial charge < -0.3 is 9.30 Å². The second-order valence-corrected chi connectivity index (χ2v) is 4.42. The zero-order valence-corrected chi connectivity index (χ0v) is 8.44. The van der Waals surface area contributed by atoms with Gasteiger partial charge in [0, 0.05) is 6.54 Å². The lowest BCUT2D eigenvalue weighted by Gasteiger charge is -2.11. The van der Waals surface area contributed by atoms with Crippen LogP contribution in [0, 0.1) is 5.92 Å². The van der Waals surface area contributed by atoms with E-state index in [-0.39, 0.29) is 5.41 Å². The molecule has 2 aliphatic rings. The molecule has 0 amide bonds. The summed E-state index contributed by atoms with van der Waals surface area (Å²) in [4.78, 5) is 0. The highest BCUT2D eigenvalue weighted by molar-refractivity contribution is 5.25. The number of hydrogen-bond donors (Lipinski definition) is 0. The minimum Gasteiger partial charge on any atom is -0.380 e. The Morgan fingerprint density at radius 1 is 1.71 bits per heavy atom. The van der Waals surface area contributed by atoms with Crippen molar-refractivity contribution >= 4 is 0 Å². The van der Waals surface area contributed by atoms with Crippen molar-refractivity contribution in [3.05, 3.63) is 12.2 Å². The second kappa shape index (κ2) is 2.79. The lowest BCUT2D eigenvalue weighted by Crippen LogP contribution is -2.18. The highest BCUT2D eigenvalue weighted by Gasteiger charge is 2.62. The maximum atomic E-state index is 5.49. The van der Waals surface area contributed by atoms with Gasteiger partial charge in [-0.25, -0.2) is 0 Å². The molecule has 2 fully saturated rings. The highest BCUT2D eigenvalue weighted by atomic mass is 16.5. The second-order valence-electron chi connectivity index (χ2n) is 4.42. The molecule has 0 N–H and O–H groups in total. The van der Waals surface area contributed by atoms with E-state index in [4.69, 9.17) is 4.74 Å². The number of aromatic nitrogens is 3. The van der Waals surface area contributed by atoms with Gasteiger partial charge in [0.2, 0.25) is 0 Å². The van der Waals surface area contributed by atoms with Gasteiger partial charge in [-0.05, 0) is 18.8 Å². The summed E-state index contributed by atoms with van der Waals surface area (Å²) < 4.78 is 7.67. The summed E-state index contributed by atoms with van der Waals surface area (Å²) in [5, 5.41) is 8.28. The maximum Gasteiger partial charge on any atom is 0.141 e. The first kappa shape index (κ1) is 8.41. The van der Waals surface area contributed by atoms with Gasteiger partial charge in [-0.15, -0.1) is 10.2 Å². The van der Waals surface area contributed by atoms with E-state index < -0.39 is 0 Å². The summed E-state index contributed by atoms with van der Waals surface area (Å²) in [7, 11) is 0. The van der Waals surface area contributed by atoms with Gasteiger partial charge in [-0.1, -0.05) is 6.92 Å². The predicted octanol–water partition coefficient (Wildman–Crippen LogP) is 0.976. The fourth-order valence-electron chi connectivity index (χ4n) is 2.54. The molecule has 1 saturated heterocycles. The van der Waals surface area contributed by atoms with Crippen LogP contribution < -0.4 is 0 Å². The summed E-state index contributed by atoms with van der Waals surface area (Å²) in [5.74, 6) is 1.86. The Morgan fingerprint density at radius 3 is 3.29 bits per heavy atom. The van der Waals surface area contributed by atoms with Gasteiger partial charge >= 0.3 is 0 Å². The zero-order valence-electron chi connectivity index (χ0n) is 8.44. The minimum absolute atomic E-state index is 0.242. The van der Waals surface area contributed by atoms with Gasteiger partial charge in [0.15, 0.2) is 0 Å². The summed E-state index contributed by atoms with van der Waals surface area (Å²) in [6.07, 6.45) is 4.23. The molecule has 3 rings (SSSR count). The minimum atomic E-state index is 0.242. The normalized spacial score (nSPS) is 34.5. The van der Waals surface area contributed by atoms with Crippen LogP contribution in [-0.2, 0) is 16.7 Å². The Labute approximate surface area is 83.3 Å². The lowest BCUT2D eigenvalue weighted by atomic mass is 10.1. The van der Waals surface area contributed by atoms with E-state index in [0.29, 0.717) is 5.92 Å². The average Bonchev–Trinajstić information content (AvgIpc) is 2.63. The third kappa shape index (κ3) is 0.974. The van der Waals surface area contributed by atoms with Crippen LogP contribution in [0.3, 0.4) is 0 Å². The van der Waals surface area contributed by atoms with Crippen molar-refractivity contribution in [2.75, 3.05) is 13.2 Å². The molecule has 1 aromatic heterocycles. The molecule has 2 heterocycles. The monoisotopic (exact) mass is 193 g/mol. The van der Waals surface area contributed by atoms with Crippen LogP contribution in [0.25, 0.3) is 0 Å². The van der Waals surface area contributed by atoms with Crippen LogP contribution >= 0.6 is 0 Å². The fourth-order valence-corrected chi connectivity index (χ4v) is 2.54. The predicted molar refractivity (Wildman–Crippen MR) is 50.9 cm³/mol. The Balaban J connectivity index is 1.92. The zero-order chi connectivity index (χ0) is 9.60. The first-order valence-electron chi connectivity index (χ1n) is 5.33. The lowest BCUT2D eigenvalue weighted by molar-refractivity contribution is 0.158. The van der Waals surface area contributed by atoms with E-state index in [2.05, 4.69) is 21.7 Å². The molecule has 1 aliphatic carbocycles. The van der Waals surface area contributed by atoms with Gasteiger partial charge in [-0.3, -0.25) is 0 Å². The molecular weight excluding hydrogens is 178 g/mol. The summed E-state index contributed by atoms with van der Waals surface area (Å²) >= 11 is 0. The molecule has 1 aromatic rings. The molecule has 4 heteroatoms. The van der Waals surface area contributed by atoms with Crippen molar-refractivity contribution in [1.29, 1.82) is 0 Å². The molecule has 0 radical (unpaired) electrons. The van der Waals surface area contributed by atoms with Crippen molar-refractivity contribution in [3.8, 4) is 0 Å². The smallest absolute Gasteiger partial charge is 0.141 e. The van der Waals surface area contributed by atoms with E-state index >= 15 is 0 Å². The third-order valence-corrected chi connectivity index (χ3v) is 3.44. The molecule has 1 aliphatic heterocycles. The summed E-state index contributed by atoms with van der Waals surface area (Å²) in [6, 6.07) is 0. The van der Waals surface area contributed by atoms with E-state index in [0.717, 1.165) is 32.0 Å². The molecule has 2 atom stereocenters. The van der Waals surface area contributed by atoms with Gasteiger partial charge in [0.1, 0.15) is 12.2 Å². The first-order valence-corrected chi connectivity index (χ1v) is 5.33. The Morgan fingerprint density at radius 2 is 2.64 bits per heavy atom. The number of ether oxygens (including phenoxy) is 1. The fraction of sp³-hybridized carbons (Fsp3) is 0.800. The van der Waals surface area contributed by atoms with E-state index in [1.807, 2.05) is 6.33 Å². The molecule has 76 valence electrons. The van der Waals surface area contributed by atoms with Crippen LogP contribution in [0.4, 0.5) is 0 Å². The molecule has 2 unspecified atom stereocenters. The van der Waals surface area contributed by atoms with Crippen molar-refractivity contribution < 1.29 is 4.74 Å². The van der Waals surface area contributed by atoms with Crippen molar-refractivity contribution in [2.24, 2.45) is 5.92 Å². The Kier molecular flexibility index (Phi) is 1.68. The molecule has 0 aromatic carbocycles. The van der Waals surface area contributed by atoms with E-state index in [1.54, 1.807) is 0 Å². The number of aryl methyl sites for hydroxylation is 1. The number of nitrogens with zero attached hydrogens (tertiary/aromatic N) is 3. The molecular formula is C10H15N3O. The standard InChI is InChI=1S/C10H15N3O/c1-2-3-13-7-11-12-9(13)10-4-8(10)5-14-6-10/h7-8H,2-6H2,1H3. The largest absolute Gasteiger partial charge is 0.380 e. The number of fused-ring (bicyclic) bond motifs is 1. The molecule has 0 spiro atoms. The average molecular weight is 193 g/mol. The van der Waals surface area contributed by atoms with Crippen LogP contribution in [0.1, 0.15) is 25.6 Å². The van der Waals surface area contributed by atoms with Gasteiger partial charge in [0.25, 0.3) is 0 Å². The summed E-state index contributed by atoms with van der Waals surface area (Å²) in [6.45, 7) is 4.97. The molecule has 1 saturated carbocycles. The topological polar surface area (TPSA) is 39.9 Å². The van der Waals surface area contributed by atoms with E-state index in [1.165, 1.54) is 6.42 Å². The number of hydrogen-bond acceptors (Lipinski definition) is 3. The molecule has 14 heavy (non-hydrogen) atoms. The number of rotatable bonds is 3. The van der Waals surface area contributed by atoms with Crippen LogP contribution in [0.2, 0.25) is 0 Å². The van der Waals surface area contributed by atoms with Crippen molar-refractivity contribution in [1.82, 2.24) is 14.8 Å². The van der Waals surface area contributed by atoms with Crippen LogP contribution in [0.5, 0.6) is 0 Å². The van der Waals surface area contributed by atoms with Crippen LogP contribution in [0.15, 0.2) is 6.33 Å². The quantitative estimate of drug-likeness (QED) is 0.718. The SMILES string of the molecule is CCCn1cnnc1C12COCC1C2. The van der Waals surface area contributed by atoms with E-state index in [9.17, 15) is 0 Å². The molecule has 4 nitrogen and oxygen atoms in total. The van der Waals surface area contributed by atoms with Crippen molar-refractivity contribution in [3.63, 3.8) is 0 Å². The third-order valence-electron chi connectivity index (χ3n) is 3.44. The first-order chi connectivity index (χ1) is 6.87. The van der Waals surface area contributed by atoms with Gasteiger partial charge in [0.05, 0.1) is 18.6 Å². The van der Waals surface area contributed by atoms with Crippen molar-refractivity contribution in [2.45, 2.75) is 31.7 Å². The maximum absolute atomic E-state index is 5.49. The Hall–Kier alpha value is -0.900. The highest BCUT2D eigenvalue weighted by Crippen LogP contribution is 2.57. The van der Waals surface area contributed by atoms with Gasteiger partial charge in [-0.2, -0.15) is 0 Å². The summed E-state index contributed by atoms with van der Waals surface area (Å²) in [5.41, 5.74) is 0.242. The molecule has 0 bridgehead atoms. The Bertz CT molecular complexity index is 349.